The van der Waals surface area contributed by atoms with Gasteiger partial charge in [0.1, 0.15) is 0 Å². The van der Waals surface area contributed by atoms with Crippen LogP contribution in [0.15, 0.2) is 194 Å². The molecule has 11 aromatic rings. The molecule has 11 rings (SSSR count). The van der Waals surface area contributed by atoms with E-state index >= 15 is 0 Å². The fraction of sp³-hybridized carbons (Fsp3) is 0. The van der Waals surface area contributed by atoms with Gasteiger partial charge in [0.2, 0.25) is 0 Å². The van der Waals surface area contributed by atoms with Gasteiger partial charge in [0.15, 0.2) is 17.5 Å². The van der Waals surface area contributed by atoms with Crippen LogP contribution in [0.1, 0.15) is 5.48 Å². The lowest BCUT2D eigenvalue weighted by Crippen LogP contribution is -2.01. The highest BCUT2D eigenvalue weighted by atomic mass is 32.1. The standard InChI is InChI=1S/C51H32N4S/c1-2-15-33(16-3-1)36-17-4-5-22-42(36)50-52-49(53-51(54-50)43-24-14-23-41-40-21-9-13-28-47(40)56-48(41)43)35-31-29-34(30-32-35)37-18-6-10-25-44(37)55-45-26-11-7-19-38(45)39-20-8-12-27-46(39)55/h1-32H/i6D,10D,18D,25D. The van der Waals surface area contributed by atoms with E-state index in [-0.39, 0.29) is 24.2 Å². The Bertz CT molecular complexity index is 3430. The summed E-state index contributed by atoms with van der Waals surface area (Å²) in [6, 6.07) is 55.9. The van der Waals surface area contributed by atoms with E-state index < -0.39 is 0 Å². The number of hydrogen-bond acceptors (Lipinski definition) is 4. The minimum Gasteiger partial charge on any atom is -0.309 e. The quantitative estimate of drug-likeness (QED) is 0.171. The van der Waals surface area contributed by atoms with Crippen molar-refractivity contribution in [3.8, 4) is 62.1 Å². The van der Waals surface area contributed by atoms with E-state index in [2.05, 4.69) is 60.7 Å². The predicted octanol–water partition coefficient (Wildman–Crippen LogP) is 13.7. The summed E-state index contributed by atoms with van der Waals surface area (Å²) in [5.74, 6) is 1.59. The van der Waals surface area contributed by atoms with E-state index in [1.165, 1.54) is 10.1 Å². The van der Waals surface area contributed by atoms with E-state index in [1.807, 2.05) is 114 Å². The molecule has 3 aromatic heterocycles. The van der Waals surface area contributed by atoms with Crippen LogP contribution in [0.5, 0.6) is 0 Å². The van der Waals surface area contributed by atoms with Crippen LogP contribution >= 0.6 is 11.3 Å². The Hall–Kier alpha value is -7.21. The molecule has 0 aliphatic heterocycles. The third-order valence-electron chi connectivity index (χ3n) is 10.4. The van der Waals surface area contributed by atoms with Gasteiger partial charge in [-0.2, -0.15) is 0 Å². The molecule has 0 bridgehead atoms. The van der Waals surface area contributed by atoms with Crippen LogP contribution in [0.4, 0.5) is 0 Å². The van der Waals surface area contributed by atoms with E-state index in [9.17, 15) is 2.74 Å². The van der Waals surface area contributed by atoms with E-state index in [1.54, 1.807) is 11.3 Å². The van der Waals surface area contributed by atoms with Crippen molar-refractivity contribution in [3.05, 3.63) is 194 Å². The maximum Gasteiger partial charge on any atom is 0.165 e. The fourth-order valence-electron chi connectivity index (χ4n) is 7.85. The molecule has 3 heterocycles. The zero-order chi connectivity index (χ0) is 40.5. The van der Waals surface area contributed by atoms with Crippen molar-refractivity contribution in [2.24, 2.45) is 0 Å². The number of nitrogens with zero attached hydrogens (tertiary/aromatic N) is 4. The molecule has 4 nitrogen and oxygen atoms in total. The zero-order valence-electron chi connectivity index (χ0n) is 33.9. The van der Waals surface area contributed by atoms with E-state index in [4.69, 9.17) is 17.7 Å². The van der Waals surface area contributed by atoms with Crippen molar-refractivity contribution in [1.29, 1.82) is 0 Å². The van der Waals surface area contributed by atoms with E-state index in [0.717, 1.165) is 59.7 Å². The second-order valence-electron chi connectivity index (χ2n) is 13.7. The summed E-state index contributed by atoms with van der Waals surface area (Å²) in [6.07, 6.45) is 0. The van der Waals surface area contributed by atoms with Crippen LogP contribution < -0.4 is 0 Å². The van der Waals surface area contributed by atoms with Gasteiger partial charge in [-0.1, -0.05) is 164 Å². The summed E-state index contributed by atoms with van der Waals surface area (Å²) in [6.45, 7) is 0. The lowest BCUT2D eigenvalue weighted by Gasteiger charge is -2.15. The van der Waals surface area contributed by atoms with Crippen LogP contribution in [0.2, 0.25) is 0 Å². The van der Waals surface area contributed by atoms with Gasteiger partial charge in [-0.3, -0.25) is 0 Å². The molecule has 0 aliphatic rings. The molecule has 0 unspecified atom stereocenters. The van der Waals surface area contributed by atoms with Crippen LogP contribution in [-0.2, 0) is 0 Å². The van der Waals surface area contributed by atoms with Gasteiger partial charge in [-0.05, 0) is 47.0 Å². The van der Waals surface area contributed by atoms with Gasteiger partial charge in [0.05, 0.1) is 22.2 Å². The number of aromatic nitrogens is 4. The molecule has 8 aromatic carbocycles. The van der Waals surface area contributed by atoms with Crippen molar-refractivity contribution < 1.29 is 5.48 Å². The Morgan fingerprint density at radius 3 is 1.70 bits per heavy atom. The Morgan fingerprint density at radius 1 is 0.393 bits per heavy atom. The third-order valence-corrected chi connectivity index (χ3v) is 11.7. The van der Waals surface area contributed by atoms with Crippen LogP contribution in [0.3, 0.4) is 0 Å². The molecule has 0 N–H and O–H groups in total. The molecule has 0 aliphatic carbocycles. The van der Waals surface area contributed by atoms with Gasteiger partial charge in [0, 0.05) is 53.2 Å². The first kappa shape index (κ1) is 28.3. The first-order chi connectivity index (χ1) is 29.4. The lowest BCUT2D eigenvalue weighted by atomic mass is 9.99. The number of thiophene rings is 1. The number of para-hydroxylation sites is 3. The summed E-state index contributed by atoms with van der Waals surface area (Å²) in [5.41, 5.74) is 7.76. The molecule has 0 atom stereocenters. The smallest absolute Gasteiger partial charge is 0.165 e. The number of benzene rings is 8. The highest BCUT2D eigenvalue weighted by Gasteiger charge is 2.19. The van der Waals surface area contributed by atoms with Crippen LogP contribution in [0.25, 0.3) is 104 Å². The first-order valence-corrected chi connectivity index (χ1v) is 19.3. The lowest BCUT2D eigenvalue weighted by molar-refractivity contribution is 1.08. The summed E-state index contributed by atoms with van der Waals surface area (Å²) in [4.78, 5) is 15.5. The molecule has 5 heteroatoms. The van der Waals surface area contributed by atoms with Crippen molar-refractivity contribution in [2.75, 3.05) is 0 Å². The molecule has 0 radical (unpaired) electrons. The van der Waals surface area contributed by atoms with Crippen molar-refractivity contribution in [3.63, 3.8) is 0 Å². The van der Waals surface area contributed by atoms with Crippen LogP contribution in [-0.4, -0.2) is 19.5 Å². The van der Waals surface area contributed by atoms with Crippen molar-refractivity contribution in [1.82, 2.24) is 19.5 Å². The summed E-state index contributed by atoms with van der Waals surface area (Å²) >= 11 is 1.73. The minimum absolute atomic E-state index is 0.110. The SMILES string of the molecule is [2H]c1c([2H])c([2H])c(-n2c3ccccc3c3ccccc32)c(-c2ccc(-c3nc(-c4ccccc4-c4ccccc4)nc(-c4cccc5c4sc4ccccc45)n3)cc2)c1[2H]. The highest BCUT2D eigenvalue weighted by molar-refractivity contribution is 7.26. The minimum atomic E-state index is -0.289. The average Bonchev–Trinajstić information content (AvgIpc) is 3.86. The van der Waals surface area contributed by atoms with Gasteiger partial charge < -0.3 is 4.57 Å². The second-order valence-corrected chi connectivity index (χ2v) is 14.7. The molecule has 0 saturated carbocycles. The van der Waals surface area contributed by atoms with Gasteiger partial charge in [-0.15, -0.1) is 11.3 Å². The fourth-order valence-corrected chi connectivity index (χ4v) is 9.06. The first-order valence-electron chi connectivity index (χ1n) is 20.5. The Labute approximate surface area is 333 Å². The Kier molecular flexibility index (Phi) is 6.70. The topological polar surface area (TPSA) is 43.6 Å². The van der Waals surface area contributed by atoms with Crippen molar-refractivity contribution in [2.45, 2.75) is 0 Å². The van der Waals surface area contributed by atoms with Crippen LogP contribution in [0, 0.1) is 0 Å². The molecule has 0 fully saturated rings. The monoisotopic (exact) mass is 736 g/mol. The Morgan fingerprint density at radius 2 is 0.929 bits per heavy atom. The number of fused-ring (bicyclic) bond motifs is 6. The number of hydrogen-bond donors (Lipinski definition) is 0. The molecule has 0 spiro atoms. The number of rotatable bonds is 6. The van der Waals surface area contributed by atoms with Gasteiger partial charge in [-0.25, -0.2) is 15.0 Å². The van der Waals surface area contributed by atoms with Gasteiger partial charge >= 0.3 is 0 Å². The maximum atomic E-state index is 9.27. The largest absolute Gasteiger partial charge is 0.309 e. The zero-order valence-corrected chi connectivity index (χ0v) is 30.7. The molecular formula is C51H32N4S. The summed E-state index contributed by atoms with van der Waals surface area (Å²) in [7, 11) is 0. The molecule has 0 saturated heterocycles. The van der Waals surface area contributed by atoms with E-state index in [0.29, 0.717) is 34.3 Å². The summed E-state index contributed by atoms with van der Waals surface area (Å²) in [5, 5.41) is 4.35. The molecular weight excluding hydrogens is 701 g/mol. The third kappa shape index (κ3) is 5.32. The maximum absolute atomic E-state index is 9.27. The molecule has 0 amide bonds. The highest BCUT2D eigenvalue weighted by Crippen LogP contribution is 2.41. The summed E-state index contributed by atoms with van der Waals surface area (Å²) < 4.78 is 40.3. The predicted molar refractivity (Wildman–Crippen MR) is 234 cm³/mol. The normalized spacial score (nSPS) is 12.6. The molecule has 262 valence electrons. The molecule has 56 heavy (non-hydrogen) atoms. The van der Waals surface area contributed by atoms with Gasteiger partial charge in [0.25, 0.3) is 0 Å². The average molecular weight is 737 g/mol. The second kappa shape index (κ2) is 13.3. The van der Waals surface area contributed by atoms with Crippen molar-refractivity contribution >= 4 is 53.3 Å². The Balaban J connectivity index is 1.11.